The maximum absolute atomic E-state index is 4.94. The number of aryl methyl sites for hydroxylation is 8. The van der Waals surface area contributed by atoms with E-state index >= 15 is 0 Å². The lowest BCUT2D eigenvalue weighted by Gasteiger charge is -2.17. The van der Waals surface area contributed by atoms with Gasteiger partial charge in [-0.2, -0.15) is 15.3 Å². The first-order valence-electron chi connectivity index (χ1n) is 20.0. The van der Waals surface area contributed by atoms with Crippen molar-refractivity contribution in [1.29, 1.82) is 0 Å². The van der Waals surface area contributed by atoms with E-state index in [2.05, 4.69) is 63.3 Å². The van der Waals surface area contributed by atoms with Crippen LogP contribution in [0.5, 0.6) is 0 Å². The quantitative estimate of drug-likeness (QED) is 0.166. The molecule has 17 heteroatoms. The molecular formula is C44H70N14OS2. The summed E-state index contributed by atoms with van der Waals surface area (Å²) in [6.07, 6.45) is 8.40. The lowest BCUT2D eigenvalue weighted by atomic mass is 10.3. The third-order valence-electron chi connectivity index (χ3n) is 7.63. The number of pyridine rings is 2. The zero-order chi connectivity index (χ0) is 45.7. The molecule has 0 saturated heterocycles. The fourth-order valence-corrected chi connectivity index (χ4v) is 6.06. The van der Waals surface area contributed by atoms with E-state index in [0.29, 0.717) is 6.73 Å². The Hall–Kier alpha value is -5.16. The Balaban J connectivity index is 0.000000349. The maximum atomic E-state index is 4.94. The molecule has 8 heterocycles. The normalized spacial score (nSPS) is 14.4. The van der Waals surface area contributed by atoms with E-state index in [9.17, 15) is 0 Å². The van der Waals surface area contributed by atoms with Gasteiger partial charge in [-0.25, -0.2) is 19.9 Å². The van der Waals surface area contributed by atoms with Gasteiger partial charge in [0.05, 0.1) is 16.0 Å². The first-order valence-corrected chi connectivity index (χ1v) is 22.0. The zero-order valence-corrected chi connectivity index (χ0v) is 41.1. The van der Waals surface area contributed by atoms with E-state index < -0.39 is 0 Å². The first-order chi connectivity index (χ1) is 28.8. The van der Waals surface area contributed by atoms with Crippen LogP contribution in [-0.4, -0.2) is 131 Å². The Morgan fingerprint density at radius 1 is 0.508 bits per heavy atom. The summed E-state index contributed by atoms with van der Waals surface area (Å²) in [5.74, 6) is 4.63. The average Bonchev–Trinajstić information content (AvgIpc) is 3.90. The number of nitrogens with zero attached hydrogens (tertiary/aromatic N) is 14. The summed E-state index contributed by atoms with van der Waals surface area (Å²) in [5.41, 5.74) is 7.86. The van der Waals surface area contributed by atoms with Gasteiger partial charge in [-0.3, -0.25) is 30.0 Å². The van der Waals surface area contributed by atoms with Crippen LogP contribution in [-0.2, 0) is 4.74 Å². The Kier molecular flexibility index (Phi) is 27.2. The van der Waals surface area contributed by atoms with Crippen LogP contribution in [0.25, 0.3) is 0 Å². The van der Waals surface area contributed by atoms with E-state index in [4.69, 9.17) is 4.74 Å². The van der Waals surface area contributed by atoms with Gasteiger partial charge < -0.3 is 4.74 Å². The molecular weight excluding hydrogens is 805 g/mol. The highest BCUT2D eigenvalue weighted by molar-refractivity contribution is 8.14. The van der Waals surface area contributed by atoms with Gasteiger partial charge in [0.25, 0.3) is 0 Å². The molecule has 0 radical (unpaired) electrons. The molecule has 4 aliphatic rings. The van der Waals surface area contributed by atoms with Crippen molar-refractivity contribution >= 4 is 45.2 Å². The lowest BCUT2D eigenvalue weighted by Crippen LogP contribution is -2.20. The van der Waals surface area contributed by atoms with Gasteiger partial charge in [0.15, 0.2) is 6.73 Å². The molecule has 334 valence electrons. The third-order valence-corrected chi connectivity index (χ3v) is 9.52. The number of hydrogen-bond donors (Lipinski definition) is 0. The van der Waals surface area contributed by atoms with Crippen LogP contribution < -0.4 is 0 Å². The molecule has 0 saturated carbocycles. The van der Waals surface area contributed by atoms with Crippen molar-refractivity contribution in [2.24, 2.45) is 20.4 Å². The molecule has 0 amide bonds. The predicted molar refractivity (Wildman–Crippen MR) is 259 cm³/mol. The van der Waals surface area contributed by atoms with Crippen molar-refractivity contribution < 1.29 is 4.74 Å². The molecule has 4 aliphatic heterocycles. The molecule has 0 aromatic carbocycles. The second kappa shape index (κ2) is 30.8. The van der Waals surface area contributed by atoms with Crippen molar-refractivity contribution in [2.75, 3.05) is 59.6 Å². The Labute approximate surface area is 374 Å². The van der Waals surface area contributed by atoms with E-state index in [1.807, 2.05) is 180 Å². The average molecular weight is 875 g/mol. The number of ether oxygens (including phenoxy) is 1. The number of aromatic nitrogens is 6. The minimum absolute atomic E-state index is 0.603. The fourth-order valence-electron chi connectivity index (χ4n) is 4.58. The molecule has 0 spiro atoms. The smallest absolute Gasteiger partial charge is 0.204 e. The molecule has 4 aromatic heterocycles. The minimum atomic E-state index is 0.603. The highest BCUT2D eigenvalue weighted by Crippen LogP contribution is 2.13. The third kappa shape index (κ3) is 29.7. The molecule has 0 N–H and O–H groups in total. The van der Waals surface area contributed by atoms with Crippen molar-refractivity contribution in [2.45, 2.75) is 89.5 Å². The number of rotatable bonds is 0. The van der Waals surface area contributed by atoms with Crippen molar-refractivity contribution in [3.8, 4) is 0 Å². The molecule has 4 aromatic rings. The van der Waals surface area contributed by atoms with Crippen LogP contribution in [0.4, 0.5) is 0 Å². The fraction of sp³-hybridized carbons (Fsp3) is 0.500. The van der Waals surface area contributed by atoms with Gasteiger partial charge in [-0.1, -0.05) is 23.9 Å². The summed E-state index contributed by atoms with van der Waals surface area (Å²) in [6, 6.07) is 11.9. The largest absolute Gasteiger partial charge is 0.457 e. The van der Waals surface area contributed by atoms with Crippen LogP contribution in [0.15, 0.2) is 81.6 Å². The molecule has 0 fully saturated rings. The Morgan fingerprint density at radius 2 is 1.10 bits per heavy atom. The van der Waals surface area contributed by atoms with Crippen molar-refractivity contribution in [3.63, 3.8) is 0 Å². The first kappa shape index (κ1) is 53.9. The number of thioether (sulfide) groups is 2. The molecule has 8 rings (SSSR count). The Morgan fingerprint density at radius 3 is 1.38 bits per heavy atom. The highest BCUT2D eigenvalue weighted by atomic mass is 32.2. The van der Waals surface area contributed by atoms with Gasteiger partial charge >= 0.3 is 0 Å². The van der Waals surface area contributed by atoms with Crippen LogP contribution >= 0.6 is 23.5 Å². The Bertz CT molecular complexity index is 1710. The van der Waals surface area contributed by atoms with Gasteiger partial charge in [0, 0.05) is 114 Å². The summed E-state index contributed by atoms with van der Waals surface area (Å²) < 4.78 is 4.94. The SMILES string of the molecule is CC1=NN(C)CC1.CC1=NN(C)CCS1.CC1=NN(C)CO1.CC1=NN(C)CS1.Cc1ccc(C)nc1.Cc1cccc(C)n1.Cc1ccnc(C)n1.Cc1cnc(C)nc1. The van der Waals surface area contributed by atoms with Crippen molar-refractivity contribution in [1.82, 2.24) is 49.9 Å². The van der Waals surface area contributed by atoms with Gasteiger partial charge in [0.1, 0.15) is 11.6 Å². The van der Waals surface area contributed by atoms with Crippen LogP contribution in [0.2, 0.25) is 0 Å². The summed E-state index contributed by atoms with van der Waals surface area (Å²) in [5, 5.41) is 26.3. The van der Waals surface area contributed by atoms with Gasteiger partial charge in [-0.15, -0.1) is 16.9 Å². The monoisotopic (exact) mass is 875 g/mol. The molecule has 61 heavy (non-hydrogen) atoms. The second-order valence-electron chi connectivity index (χ2n) is 14.4. The van der Waals surface area contributed by atoms with Crippen LogP contribution in [0, 0.1) is 55.4 Å². The topological polar surface area (TPSA) is 149 Å². The summed E-state index contributed by atoms with van der Waals surface area (Å²) in [4.78, 5) is 24.2. The molecule has 15 nitrogen and oxygen atoms in total. The molecule has 0 bridgehead atoms. The summed E-state index contributed by atoms with van der Waals surface area (Å²) in [6.45, 7) is 26.4. The standard InChI is InChI=1S/2C7H9N.2C6H8N2.C5H10N2S.C5H10N2.C4H8N2O.C4H8N2S/c1-6-3-4-7(2)8-5-6;1-6-4-3-5-7(2)8-6;1-5-3-7-6(2)8-4-5;1-5-3-4-7-6(2)8-5;1-5-6-7(2)3-4-8-5;1-5-3-4-7(2)6-5;2*1-4-5-6(2)3-7-4/h2*3-5H,1-2H3;2*3-4H,1-2H3;3-4H2,1-2H3;3-4H2,1-2H3;2*3H2,1-2H3. The summed E-state index contributed by atoms with van der Waals surface area (Å²) in [7, 11) is 7.85. The molecule has 0 aliphatic carbocycles. The van der Waals surface area contributed by atoms with Crippen LogP contribution in [0.1, 0.15) is 79.7 Å². The van der Waals surface area contributed by atoms with Gasteiger partial charge in [-0.05, 0) is 112 Å². The minimum Gasteiger partial charge on any atom is -0.457 e. The van der Waals surface area contributed by atoms with E-state index in [0.717, 1.165) is 71.3 Å². The maximum Gasteiger partial charge on any atom is 0.204 e. The highest BCUT2D eigenvalue weighted by Gasteiger charge is 2.05. The number of hydrogen-bond acceptors (Lipinski definition) is 17. The zero-order valence-electron chi connectivity index (χ0n) is 39.5. The van der Waals surface area contributed by atoms with Crippen LogP contribution in [0.3, 0.4) is 0 Å². The van der Waals surface area contributed by atoms with E-state index in [1.165, 1.54) is 27.1 Å². The molecule has 0 unspecified atom stereocenters. The second-order valence-corrected chi connectivity index (χ2v) is 16.8. The van der Waals surface area contributed by atoms with Gasteiger partial charge in [0.2, 0.25) is 5.90 Å². The van der Waals surface area contributed by atoms with E-state index in [-0.39, 0.29) is 0 Å². The van der Waals surface area contributed by atoms with E-state index in [1.54, 1.807) is 23.0 Å². The molecule has 0 atom stereocenters. The van der Waals surface area contributed by atoms with Crippen molar-refractivity contribution in [3.05, 3.63) is 107 Å². The lowest BCUT2D eigenvalue weighted by molar-refractivity contribution is 0.198. The number of hydrazone groups is 4. The predicted octanol–water partition coefficient (Wildman–Crippen LogP) is 8.48. The summed E-state index contributed by atoms with van der Waals surface area (Å²) >= 11 is 3.61.